The van der Waals surface area contributed by atoms with Crippen LogP contribution in [0.3, 0.4) is 0 Å². The second-order valence-corrected chi connectivity index (χ2v) is 5.29. The third kappa shape index (κ3) is 5.17. The molecule has 0 fully saturated rings. The first-order chi connectivity index (χ1) is 6.41. The van der Waals surface area contributed by atoms with Gasteiger partial charge in [-0.1, -0.05) is 26.3 Å². The van der Waals surface area contributed by atoms with E-state index in [1.165, 1.54) is 6.08 Å². The van der Waals surface area contributed by atoms with Crippen LogP contribution in [0.2, 0.25) is 0 Å². The Morgan fingerprint density at radius 1 is 1.50 bits per heavy atom. The van der Waals surface area contributed by atoms with E-state index in [2.05, 4.69) is 0 Å². The number of sulfone groups is 1. The highest BCUT2D eigenvalue weighted by atomic mass is 32.2. The fourth-order valence-electron chi connectivity index (χ4n) is 0.814. The first-order valence-corrected chi connectivity index (χ1v) is 6.45. The van der Waals surface area contributed by atoms with E-state index in [4.69, 9.17) is 0 Å². The molecular formula is C10H17FO2S. The molecule has 0 aromatic rings. The molecule has 0 spiro atoms. The summed E-state index contributed by atoms with van der Waals surface area (Å²) in [6.45, 7) is 3.23. The zero-order chi connectivity index (χ0) is 11.2. The number of allylic oxidation sites excluding steroid dienone is 3. The van der Waals surface area contributed by atoms with Gasteiger partial charge in [0.25, 0.3) is 0 Å². The van der Waals surface area contributed by atoms with Crippen LogP contribution in [-0.4, -0.2) is 21.3 Å². The van der Waals surface area contributed by atoms with Crippen LogP contribution in [0.25, 0.3) is 0 Å². The molecule has 2 nitrogen and oxygen atoms in total. The Balaban J connectivity index is 4.74. The first kappa shape index (κ1) is 13.4. The number of rotatable bonds is 5. The molecule has 0 amide bonds. The number of hydrogen-bond acceptors (Lipinski definition) is 2. The molecular weight excluding hydrogens is 203 g/mol. The van der Waals surface area contributed by atoms with Gasteiger partial charge in [0.15, 0.2) is 9.84 Å². The molecule has 1 atom stereocenters. The molecule has 0 heterocycles. The van der Waals surface area contributed by atoms with Gasteiger partial charge in [0.1, 0.15) is 6.67 Å². The molecule has 0 aliphatic carbocycles. The van der Waals surface area contributed by atoms with Crippen molar-refractivity contribution in [3.63, 3.8) is 0 Å². The van der Waals surface area contributed by atoms with Crippen molar-refractivity contribution in [2.24, 2.45) is 5.92 Å². The predicted octanol–water partition coefficient (Wildman–Crippen LogP) is 2.49. The molecule has 0 saturated heterocycles. The van der Waals surface area contributed by atoms with Gasteiger partial charge in [0, 0.05) is 6.26 Å². The topological polar surface area (TPSA) is 34.1 Å². The Hall–Kier alpha value is -0.640. The highest BCUT2D eigenvalue weighted by Crippen LogP contribution is 2.10. The summed E-state index contributed by atoms with van der Waals surface area (Å²) in [6, 6.07) is 0. The molecule has 82 valence electrons. The molecule has 0 radical (unpaired) electrons. The van der Waals surface area contributed by atoms with Gasteiger partial charge in [-0.2, -0.15) is 0 Å². The lowest BCUT2D eigenvalue weighted by molar-refractivity contribution is 0.560. The summed E-state index contributed by atoms with van der Waals surface area (Å²) in [4.78, 5) is 0.0558. The summed E-state index contributed by atoms with van der Waals surface area (Å²) in [6.07, 6.45) is 6.35. The lowest BCUT2D eigenvalue weighted by Gasteiger charge is -2.01. The molecule has 0 aromatic carbocycles. The van der Waals surface area contributed by atoms with Gasteiger partial charge in [0.05, 0.1) is 4.91 Å². The quantitative estimate of drug-likeness (QED) is 0.667. The predicted molar refractivity (Wildman–Crippen MR) is 57.5 cm³/mol. The van der Waals surface area contributed by atoms with E-state index in [0.717, 1.165) is 18.8 Å². The standard InChI is InChI=1S/C10H17FO2S/c1-4-9(2)5-6-10(7-8-11)14(3,12)13/h5-7,9H,4,8H2,1-3H3. The number of hydrogen-bond donors (Lipinski definition) is 0. The summed E-state index contributed by atoms with van der Waals surface area (Å²) >= 11 is 0. The zero-order valence-corrected chi connectivity index (χ0v) is 9.64. The first-order valence-electron chi connectivity index (χ1n) is 4.56. The van der Waals surface area contributed by atoms with E-state index in [9.17, 15) is 12.8 Å². The number of alkyl halides is 1. The summed E-state index contributed by atoms with van der Waals surface area (Å²) in [5.41, 5.74) is 0. The molecule has 4 heteroatoms. The van der Waals surface area contributed by atoms with E-state index >= 15 is 0 Å². The van der Waals surface area contributed by atoms with Gasteiger partial charge in [-0.05, 0) is 18.1 Å². The summed E-state index contributed by atoms with van der Waals surface area (Å²) in [5, 5.41) is 0. The second-order valence-electron chi connectivity index (χ2n) is 3.28. The fraction of sp³-hybridized carbons (Fsp3) is 0.600. The average Bonchev–Trinajstić information content (AvgIpc) is 2.09. The van der Waals surface area contributed by atoms with Crippen LogP contribution in [0.5, 0.6) is 0 Å². The largest absolute Gasteiger partial charge is 0.247 e. The van der Waals surface area contributed by atoms with Crippen molar-refractivity contribution in [3.05, 3.63) is 23.1 Å². The maximum atomic E-state index is 12.0. The van der Waals surface area contributed by atoms with Crippen molar-refractivity contribution in [1.29, 1.82) is 0 Å². The van der Waals surface area contributed by atoms with Crippen LogP contribution >= 0.6 is 0 Å². The van der Waals surface area contributed by atoms with Crippen LogP contribution in [0, 0.1) is 5.92 Å². The Morgan fingerprint density at radius 2 is 2.07 bits per heavy atom. The Kier molecular flexibility index (Phi) is 5.69. The van der Waals surface area contributed by atoms with Crippen molar-refractivity contribution in [2.75, 3.05) is 12.9 Å². The second kappa shape index (κ2) is 5.96. The van der Waals surface area contributed by atoms with Crippen LogP contribution < -0.4 is 0 Å². The van der Waals surface area contributed by atoms with Gasteiger partial charge in [-0.15, -0.1) is 0 Å². The highest BCUT2D eigenvalue weighted by molar-refractivity contribution is 7.94. The zero-order valence-electron chi connectivity index (χ0n) is 8.83. The van der Waals surface area contributed by atoms with E-state index in [1.807, 2.05) is 13.8 Å². The van der Waals surface area contributed by atoms with E-state index < -0.39 is 16.5 Å². The van der Waals surface area contributed by atoms with Gasteiger partial charge in [-0.25, -0.2) is 12.8 Å². The molecule has 14 heavy (non-hydrogen) atoms. The van der Waals surface area contributed by atoms with Crippen molar-refractivity contribution < 1.29 is 12.8 Å². The van der Waals surface area contributed by atoms with Crippen LogP contribution in [-0.2, 0) is 9.84 Å². The van der Waals surface area contributed by atoms with Crippen molar-refractivity contribution >= 4 is 9.84 Å². The maximum Gasteiger partial charge on any atom is 0.175 e. The van der Waals surface area contributed by atoms with Gasteiger partial charge in [-0.3, -0.25) is 0 Å². The van der Waals surface area contributed by atoms with Crippen LogP contribution in [0.4, 0.5) is 4.39 Å². The summed E-state index contributed by atoms with van der Waals surface area (Å²) in [7, 11) is -3.30. The minimum Gasteiger partial charge on any atom is -0.247 e. The molecule has 1 unspecified atom stereocenters. The smallest absolute Gasteiger partial charge is 0.175 e. The van der Waals surface area contributed by atoms with Gasteiger partial charge < -0.3 is 0 Å². The Morgan fingerprint density at radius 3 is 2.43 bits per heavy atom. The molecule has 0 aromatic heterocycles. The third-order valence-corrected chi connectivity index (χ3v) is 3.10. The van der Waals surface area contributed by atoms with Crippen LogP contribution in [0.1, 0.15) is 20.3 Å². The third-order valence-electron chi connectivity index (χ3n) is 1.94. The monoisotopic (exact) mass is 220 g/mol. The molecule has 0 aliphatic heterocycles. The van der Waals surface area contributed by atoms with Crippen LogP contribution in [0.15, 0.2) is 23.1 Å². The van der Waals surface area contributed by atoms with Crippen molar-refractivity contribution in [3.8, 4) is 0 Å². The van der Waals surface area contributed by atoms with E-state index in [0.29, 0.717) is 5.92 Å². The molecule has 0 bridgehead atoms. The fourth-order valence-corrected chi connectivity index (χ4v) is 1.51. The normalized spacial score (nSPS) is 16.1. The summed E-state index contributed by atoms with van der Waals surface area (Å²) in [5.74, 6) is 0.305. The molecule has 0 rings (SSSR count). The maximum absolute atomic E-state index is 12.0. The molecule has 0 aliphatic rings. The number of halogens is 1. The minimum atomic E-state index is -3.30. The summed E-state index contributed by atoms with van der Waals surface area (Å²) < 4.78 is 34.3. The lowest BCUT2D eigenvalue weighted by atomic mass is 10.1. The van der Waals surface area contributed by atoms with E-state index in [-0.39, 0.29) is 4.91 Å². The van der Waals surface area contributed by atoms with Gasteiger partial charge >= 0.3 is 0 Å². The van der Waals surface area contributed by atoms with Gasteiger partial charge in [0.2, 0.25) is 0 Å². The molecule has 0 saturated carbocycles. The average molecular weight is 220 g/mol. The lowest BCUT2D eigenvalue weighted by Crippen LogP contribution is -1.99. The molecule has 0 N–H and O–H groups in total. The SMILES string of the molecule is CCC(C)C=CC(=CCF)S(C)(=O)=O. The Labute approximate surface area is 85.4 Å². The Bertz CT molecular complexity index is 315. The van der Waals surface area contributed by atoms with E-state index in [1.54, 1.807) is 6.08 Å². The minimum absolute atomic E-state index is 0.0558. The highest BCUT2D eigenvalue weighted by Gasteiger charge is 2.07. The van der Waals surface area contributed by atoms with Crippen molar-refractivity contribution in [1.82, 2.24) is 0 Å². The van der Waals surface area contributed by atoms with Crippen molar-refractivity contribution in [2.45, 2.75) is 20.3 Å².